The lowest BCUT2D eigenvalue weighted by molar-refractivity contribution is -0.116. The van der Waals surface area contributed by atoms with Gasteiger partial charge in [-0.3, -0.25) is 9.69 Å². The van der Waals surface area contributed by atoms with Crippen molar-refractivity contribution >= 4 is 28.4 Å². The number of nitrogens with zero attached hydrogens (tertiary/aromatic N) is 4. The molecule has 26 heavy (non-hydrogen) atoms. The minimum atomic E-state index is -0.418. The third-order valence-electron chi connectivity index (χ3n) is 4.46. The molecule has 0 bridgehead atoms. The van der Waals surface area contributed by atoms with Gasteiger partial charge in [-0.2, -0.15) is 0 Å². The zero-order chi connectivity index (χ0) is 18.8. The molecule has 2 N–H and O–H groups in total. The van der Waals surface area contributed by atoms with Crippen molar-refractivity contribution in [2.45, 2.75) is 13.0 Å². The maximum absolute atomic E-state index is 11.7. The molecule has 1 heterocycles. The van der Waals surface area contributed by atoms with Crippen molar-refractivity contribution in [2.24, 2.45) is 5.73 Å². The Morgan fingerprint density at radius 1 is 1.00 bits per heavy atom. The molecule has 1 atom stereocenters. The van der Waals surface area contributed by atoms with Crippen LogP contribution in [-0.4, -0.2) is 37.0 Å². The highest BCUT2D eigenvalue weighted by molar-refractivity contribution is 5.91. The molecule has 6 heteroatoms. The van der Waals surface area contributed by atoms with Crippen LogP contribution < -0.4 is 15.5 Å². The number of aromatic nitrogens is 2. The second-order valence-corrected chi connectivity index (χ2v) is 6.47. The largest absolute Gasteiger partial charge is 0.378 e. The van der Waals surface area contributed by atoms with Crippen LogP contribution in [0.4, 0.5) is 11.6 Å². The van der Waals surface area contributed by atoms with Gasteiger partial charge in [0.1, 0.15) is 0 Å². The maximum atomic E-state index is 11.7. The number of carbonyl (C=O) groups excluding carboxylic acids is 1. The lowest BCUT2D eigenvalue weighted by Gasteiger charge is -2.19. The third kappa shape index (κ3) is 3.36. The summed E-state index contributed by atoms with van der Waals surface area (Å²) in [7, 11) is 5.65. The van der Waals surface area contributed by atoms with E-state index in [1.165, 1.54) is 11.8 Å². The average Bonchev–Trinajstić information content (AvgIpc) is 2.65. The highest BCUT2D eigenvalue weighted by Gasteiger charge is 2.19. The molecule has 1 aromatic heterocycles. The molecule has 6 nitrogen and oxygen atoms in total. The normalized spacial score (nSPS) is 12.0. The van der Waals surface area contributed by atoms with Gasteiger partial charge in [-0.05, 0) is 23.8 Å². The van der Waals surface area contributed by atoms with Gasteiger partial charge in [0, 0.05) is 39.1 Å². The van der Waals surface area contributed by atoms with Gasteiger partial charge in [0.2, 0.25) is 11.9 Å². The van der Waals surface area contributed by atoms with Crippen molar-refractivity contribution in [3.8, 4) is 0 Å². The molecule has 0 saturated heterocycles. The minimum Gasteiger partial charge on any atom is -0.378 e. The van der Waals surface area contributed by atoms with Crippen molar-refractivity contribution in [3.63, 3.8) is 0 Å². The van der Waals surface area contributed by atoms with E-state index in [1.807, 2.05) is 67.5 Å². The van der Waals surface area contributed by atoms with E-state index in [0.717, 1.165) is 22.2 Å². The predicted octanol–water partition coefficient (Wildman–Crippen LogP) is 2.73. The summed E-state index contributed by atoms with van der Waals surface area (Å²) in [6.07, 6.45) is 0. The summed E-state index contributed by atoms with van der Waals surface area (Å²) >= 11 is 0. The summed E-state index contributed by atoms with van der Waals surface area (Å²) in [5, 5.41) is 0.886. The van der Waals surface area contributed by atoms with Crippen LogP contribution >= 0.6 is 0 Å². The number of hydrogen-bond donors (Lipinski definition) is 1. The SMILES string of the molecule is CC(=O)N(C)c1nc(C(N)c2ccc(N(C)C)cc2)c2ccccc2n1. The van der Waals surface area contributed by atoms with Gasteiger partial charge < -0.3 is 10.6 Å². The van der Waals surface area contributed by atoms with Crippen LogP contribution in [0, 0.1) is 0 Å². The number of carbonyl (C=O) groups is 1. The smallest absolute Gasteiger partial charge is 0.232 e. The van der Waals surface area contributed by atoms with Gasteiger partial charge >= 0.3 is 0 Å². The van der Waals surface area contributed by atoms with Crippen LogP contribution in [0.25, 0.3) is 10.9 Å². The first-order chi connectivity index (χ1) is 12.4. The molecular weight excluding hydrogens is 326 g/mol. The number of nitrogens with two attached hydrogens (primary N) is 1. The van der Waals surface area contributed by atoms with Crippen LogP contribution in [-0.2, 0) is 4.79 Å². The molecule has 2 aromatic carbocycles. The van der Waals surface area contributed by atoms with Crippen LogP contribution in [0.15, 0.2) is 48.5 Å². The van der Waals surface area contributed by atoms with Crippen molar-refractivity contribution in [2.75, 3.05) is 30.9 Å². The summed E-state index contributed by atoms with van der Waals surface area (Å²) in [5.41, 5.74) is 10.1. The Balaban J connectivity index is 2.11. The third-order valence-corrected chi connectivity index (χ3v) is 4.46. The summed E-state index contributed by atoms with van der Waals surface area (Å²) in [5.74, 6) is 0.224. The topological polar surface area (TPSA) is 75.3 Å². The quantitative estimate of drug-likeness (QED) is 0.784. The van der Waals surface area contributed by atoms with E-state index in [2.05, 4.69) is 9.97 Å². The van der Waals surface area contributed by atoms with E-state index >= 15 is 0 Å². The van der Waals surface area contributed by atoms with Crippen LogP contribution in [0.3, 0.4) is 0 Å². The number of hydrogen-bond acceptors (Lipinski definition) is 5. The van der Waals surface area contributed by atoms with Gasteiger partial charge in [-0.25, -0.2) is 9.97 Å². The number of amides is 1. The fourth-order valence-electron chi connectivity index (χ4n) is 2.75. The first-order valence-corrected chi connectivity index (χ1v) is 8.42. The molecule has 0 aliphatic rings. The van der Waals surface area contributed by atoms with Crippen molar-refractivity contribution in [1.82, 2.24) is 9.97 Å². The molecule has 3 aromatic rings. The predicted molar refractivity (Wildman–Crippen MR) is 105 cm³/mol. The van der Waals surface area contributed by atoms with Gasteiger partial charge in [0.15, 0.2) is 0 Å². The Bertz CT molecular complexity index is 937. The van der Waals surface area contributed by atoms with Crippen molar-refractivity contribution in [3.05, 3.63) is 59.8 Å². The molecule has 0 saturated carbocycles. The maximum Gasteiger partial charge on any atom is 0.232 e. The molecule has 0 radical (unpaired) electrons. The van der Waals surface area contributed by atoms with Gasteiger partial charge in [0.05, 0.1) is 17.3 Å². The molecule has 0 aliphatic heterocycles. The van der Waals surface area contributed by atoms with Crippen molar-refractivity contribution < 1.29 is 4.79 Å². The summed E-state index contributed by atoms with van der Waals surface area (Å²) in [4.78, 5) is 24.3. The number of anilines is 2. The Labute approximate surface area is 153 Å². The average molecular weight is 349 g/mol. The minimum absolute atomic E-state index is 0.130. The molecule has 0 fully saturated rings. The first-order valence-electron chi connectivity index (χ1n) is 8.42. The fraction of sp³-hybridized carbons (Fsp3) is 0.250. The van der Waals surface area contributed by atoms with E-state index in [4.69, 9.17) is 5.73 Å². The second kappa shape index (κ2) is 7.09. The van der Waals surface area contributed by atoms with Gasteiger partial charge in [0.25, 0.3) is 0 Å². The van der Waals surface area contributed by atoms with E-state index < -0.39 is 6.04 Å². The highest BCUT2D eigenvalue weighted by Crippen LogP contribution is 2.28. The monoisotopic (exact) mass is 349 g/mol. The lowest BCUT2D eigenvalue weighted by Crippen LogP contribution is -2.26. The molecule has 134 valence electrons. The van der Waals surface area contributed by atoms with Gasteiger partial charge in [-0.15, -0.1) is 0 Å². The zero-order valence-electron chi connectivity index (χ0n) is 15.5. The second-order valence-electron chi connectivity index (χ2n) is 6.47. The molecule has 1 amide bonds. The van der Waals surface area contributed by atoms with E-state index in [9.17, 15) is 4.79 Å². The molecule has 0 spiro atoms. The summed E-state index contributed by atoms with van der Waals surface area (Å²) in [6.45, 7) is 1.48. The Morgan fingerprint density at radius 3 is 2.27 bits per heavy atom. The Kier molecular flexibility index (Phi) is 4.86. The summed E-state index contributed by atoms with van der Waals surface area (Å²) in [6, 6.07) is 15.4. The first kappa shape index (κ1) is 17.8. The van der Waals surface area contributed by atoms with E-state index in [1.54, 1.807) is 7.05 Å². The van der Waals surface area contributed by atoms with Crippen LogP contribution in [0.2, 0.25) is 0 Å². The number of fused-ring (bicyclic) bond motifs is 1. The Morgan fingerprint density at radius 2 is 1.65 bits per heavy atom. The van der Waals surface area contributed by atoms with E-state index in [0.29, 0.717) is 11.6 Å². The number of para-hydroxylation sites is 1. The lowest BCUT2D eigenvalue weighted by atomic mass is 10.0. The van der Waals surface area contributed by atoms with Crippen LogP contribution in [0.5, 0.6) is 0 Å². The number of rotatable bonds is 4. The van der Waals surface area contributed by atoms with Gasteiger partial charge in [-0.1, -0.05) is 30.3 Å². The molecule has 1 unspecified atom stereocenters. The molecule has 3 rings (SSSR count). The standard InChI is InChI=1S/C20H23N5O/c1-13(26)25(4)20-22-17-8-6-5-7-16(17)19(23-20)18(21)14-9-11-15(12-10-14)24(2)3/h5-12,18H,21H2,1-4H3. The molecule has 0 aliphatic carbocycles. The van der Waals surface area contributed by atoms with E-state index in [-0.39, 0.29) is 5.91 Å². The van der Waals surface area contributed by atoms with Crippen LogP contribution in [0.1, 0.15) is 24.2 Å². The Hall–Kier alpha value is -2.99. The summed E-state index contributed by atoms with van der Waals surface area (Å²) < 4.78 is 0. The van der Waals surface area contributed by atoms with Crippen molar-refractivity contribution in [1.29, 1.82) is 0 Å². The number of benzene rings is 2. The zero-order valence-corrected chi connectivity index (χ0v) is 15.5. The molecular formula is C20H23N5O. The highest BCUT2D eigenvalue weighted by atomic mass is 16.2. The fourth-order valence-corrected chi connectivity index (χ4v) is 2.75.